The third-order valence-corrected chi connectivity index (χ3v) is 8.06. The van der Waals surface area contributed by atoms with Crippen LogP contribution in [-0.4, -0.2) is 76.1 Å². The normalized spacial score (nSPS) is 15.8. The van der Waals surface area contributed by atoms with Gasteiger partial charge >= 0.3 is 6.18 Å². The Morgan fingerprint density at radius 2 is 1.92 bits per heavy atom. The van der Waals surface area contributed by atoms with Crippen LogP contribution in [0.4, 0.5) is 19.1 Å². The Morgan fingerprint density at radius 3 is 2.53 bits per heavy atom. The van der Waals surface area contributed by atoms with Gasteiger partial charge in [0.15, 0.2) is 0 Å². The second kappa shape index (κ2) is 11.2. The molecule has 38 heavy (non-hydrogen) atoms. The van der Waals surface area contributed by atoms with Gasteiger partial charge in [-0.15, -0.1) is 0 Å². The molecule has 1 aliphatic heterocycles. The number of aromatic nitrogens is 4. The van der Waals surface area contributed by atoms with E-state index in [1.165, 1.54) is 16.8 Å². The third-order valence-electron chi connectivity index (χ3n) is 6.46. The summed E-state index contributed by atoms with van der Waals surface area (Å²) >= 11 is 6.50. The predicted octanol–water partition coefficient (Wildman–Crippen LogP) is 4.29. The van der Waals surface area contributed by atoms with Crippen LogP contribution in [0.25, 0.3) is 17.1 Å². The number of rotatable bonds is 8. The molecule has 1 N–H and O–H groups in total. The smallest absolute Gasteiger partial charge is 0.351 e. The highest BCUT2D eigenvalue weighted by molar-refractivity contribution is 7.88. The lowest BCUT2D eigenvalue weighted by molar-refractivity contribution is -0.137. The first-order valence-corrected chi connectivity index (χ1v) is 14.3. The van der Waals surface area contributed by atoms with E-state index >= 15 is 0 Å². The molecule has 0 radical (unpaired) electrons. The summed E-state index contributed by atoms with van der Waals surface area (Å²) in [6, 6.07) is 5.36. The first-order chi connectivity index (χ1) is 17.8. The zero-order valence-electron chi connectivity index (χ0n) is 21.2. The van der Waals surface area contributed by atoms with Gasteiger partial charge in [0.2, 0.25) is 16.0 Å². The maximum absolute atomic E-state index is 13.8. The van der Waals surface area contributed by atoms with Crippen molar-refractivity contribution in [1.29, 1.82) is 0 Å². The standard InChI is InChI=1S/C24H29ClF3N7O2S/c1-4-33(2)13-16-5-6-21(19(25)11-16)34-14-20(30-15-34)22-18(24(26,27)28)12-29-23(32-22)31-17-7-9-35(10-8-17)38(3,36)37/h5-6,11-12,14-15,17H,4,7-10,13H2,1-3H3,(H,29,31,32). The maximum Gasteiger partial charge on any atom is 0.420 e. The molecular weight excluding hydrogens is 543 g/mol. The maximum atomic E-state index is 13.8. The molecule has 3 heterocycles. The van der Waals surface area contributed by atoms with E-state index in [1.807, 2.05) is 26.1 Å². The fourth-order valence-corrected chi connectivity index (χ4v) is 5.40. The van der Waals surface area contributed by atoms with E-state index in [0.717, 1.165) is 24.6 Å². The van der Waals surface area contributed by atoms with Gasteiger partial charge in [-0.25, -0.2) is 27.7 Å². The molecule has 1 fully saturated rings. The number of anilines is 1. The summed E-state index contributed by atoms with van der Waals surface area (Å²) in [5, 5.41) is 3.49. The second-order valence-corrected chi connectivity index (χ2v) is 11.7. The summed E-state index contributed by atoms with van der Waals surface area (Å²) in [5.41, 5.74) is 0.230. The molecule has 1 aliphatic rings. The van der Waals surface area contributed by atoms with Crippen molar-refractivity contribution >= 4 is 27.6 Å². The topological polar surface area (TPSA) is 96.3 Å². The van der Waals surface area contributed by atoms with Crippen LogP contribution in [-0.2, 0) is 22.7 Å². The van der Waals surface area contributed by atoms with Gasteiger partial charge in [-0.1, -0.05) is 24.6 Å². The fraction of sp³-hybridized carbons (Fsp3) is 0.458. The average molecular weight is 572 g/mol. The van der Waals surface area contributed by atoms with Crippen molar-refractivity contribution in [1.82, 2.24) is 28.7 Å². The molecule has 3 aromatic rings. The Bertz CT molecular complexity index is 1390. The minimum atomic E-state index is -4.69. The Hall–Kier alpha value is -2.74. The van der Waals surface area contributed by atoms with Crippen molar-refractivity contribution in [3.63, 3.8) is 0 Å². The van der Waals surface area contributed by atoms with Crippen LogP contribution in [0, 0.1) is 0 Å². The monoisotopic (exact) mass is 571 g/mol. The highest BCUT2D eigenvalue weighted by atomic mass is 35.5. The summed E-state index contributed by atoms with van der Waals surface area (Å²) in [6.45, 7) is 4.26. The van der Waals surface area contributed by atoms with E-state index in [1.54, 1.807) is 10.6 Å². The van der Waals surface area contributed by atoms with Crippen LogP contribution in [0.2, 0.25) is 5.02 Å². The van der Waals surface area contributed by atoms with E-state index in [2.05, 4.69) is 25.2 Å². The Labute approximate surface area is 224 Å². The summed E-state index contributed by atoms with van der Waals surface area (Å²) in [7, 11) is -1.30. The molecule has 0 atom stereocenters. The summed E-state index contributed by atoms with van der Waals surface area (Å²) in [5.74, 6) is 0.0165. The molecule has 9 nitrogen and oxygen atoms in total. The molecule has 0 bridgehead atoms. The van der Waals surface area contributed by atoms with Crippen LogP contribution >= 0.6 is 11.6 Å². The number of sulfonamides is 1. The molecule has 0 amide bonds. The zero-order valence-corrected chi connectivity index (χ0v) is 22.8. The van der Waals surface area contributed by atoms with Crippen molar-refractivity contribution in [3.8, 4) is 17.1 Å². The lowest BCUT2D eigenvalue weighted by Gasteiger charge is -2.30. The van der Waals surface area contributed by atoms with Crippen LogP contribution in [0.5, 0.6) is 0 Å². The van der Waals surface area contributed by atoms with Crippen molar-refractivity contribution in [2.45, 2.75) is 38.5 Å². The minimum Gasteiger partial charge on any atom is -0.351 e. The highest BCUT2D eigenvalue weighted by Gasteiger charge is 2.36. The van der Waals surface area contributed by atoms with Gasteiger partial charge < -0.3 is 14.8 Å². The van der Waals surface area contributed by atoms with Crippen molar-refractivity contribution < 1.29 is 21.6 Å². The SMILES string of the molecule is CCN(C)Cc1ccc(-n2cnc(-c3nc(NC4CCN(S(C)(=O)=O)CC4)ncc3C(F)(F)F)c2)c(Cl)c1. The number of hydrogen-bond donors (Lipinski definition) is 1. The minimum absolute atomic E-state index is 0.0144. The van der Waals surface area contributed by atoms with Crippen molar-refractivity contribution in [2.24, 2.45) is 0 Å². The Morgan fingerprint density at radius 1 is 1.21 bits per heavy atom. The van der Waals surface area contributed by atoms with Crippen LogP contribution in [0.15, 0.2) is 36.9 Å². The van der Waals surface area contributed by atoms with Gasteiger partial charge in [0.25, 0.3) is 0 Å². The van der Waals surface area contributed by atoms with Gasteiger partial charge in [0.05, 0.1) is 17.0 Å². The summed E-state index contributed by atoms with van der Waals surface area (Å²) in [4.78, 5) is 14.4. The third kappa shape index (κ3) is 6.63. The molecule has 206 valence electrons. The molecule has 0 spiro atoms. The van der Waals surface area contributed by atoms with E-state index in [4.69, 9.17) is 11.6 Å². The number of benzene rings is 1. The Balaban J connectivity index is 1.59. The van der Waals surface area contributed by atoms with E-state index in [9.17, 15) is 21.6 Å². The summed E-state index contributed by atoms with van der Waals surface area (Å²) < 4.78 is 67.9. The molecule has 0 unspecified atom stereocenters. The average Bonchev–Trinajstić information content (AvgIpc) is 3.33. The Kier molecular flexibility index (Phi) is 8.31. The number of nitrogens with zero attached hydrogens (tertiary/aromatic N) is 6. The quantitative estimate of drug-likeness (QED) is 0.431. The van der Waals surface area contributed by atoms with E-state index in [-0.39, 0.29) is 23.4 Å². The van der Waals surface area contributed by atoms with Gasteiger partial charge in [-0.3, -0.25) is 0 Å². The number of nitrogens with one attached hydrogen (secondary N) is 1. The largest absolute Gasteiger partial charge is 0.420 e. The molecule has 2 aromatic heterocycles. The van der Waals surface area contributed by atoms with Gasteiger partial charge in [0, 0.05) is 38.1 Å². The number of alkyl halides is 3. The van der Waals surface area contributed by atoms with Gasteiger partial charge in [-0.05, 0) is 44.1 Å². The van der Waals surface area contributed by atoms with Crippen molar-refractivity contribution in [3.05, 3.63) is 53.1 Å². The molecule has 1 saturated heterocycles. The molecular formula is C24H29ClF3N7O2S. The number of imidazole rings is 1. The summed E-state index contributed by atoms with van der Waals surface area (Å²) in [6.07, 6.45) is 0.992. The van der Waals surface area contributed by atoms with E-state index in [0.29, 0.717) is 43.2 Å². The van der Waals surface area contributed by atoms with Crippen molar-refractivity contribution in [2.75, 3.05) is 38.3 Å². The van der Waals surface area contributed by atoms with Crippen LogP contribution in [0.1, 0.15) is 30.9 Å². The first-order valence-electron chi connectivity index (χ1n) is 12.0. The van der Waals surface area contributed by atoms with E-state index < -0.39 is 21.8 Å². The number of halogens is 4. The van der Waals surface area contributed by atoms with Crippen LogP contribution < -0.4 is 5.32 Å². The molecule has 0 aliphatic carbocycles. The van der Waals surface area contributed by atoms with Gasteiger partial charge in [0.1, 0.15) is 23.3 Å². The molecule has 4 rings (SSSR count). The lowest BCUT2D eigenvalue weighted by atomic mass is 10.1. The number of piperidine rings is 1. The van der Waals surface area contributed by atoms with Crippen LogP contribution in [0.3, 0.4) is 0 Å². The second-order valence-electron chi connectivity index (χ2n) is 9.32. The fourth-order valence-electron chi connectivity index (χ4n) is 4.23. The number of hydrogen-bond acceptors (Lipinski definition) is 7. The first kappa shape index (κ1) is 28.3. The van der Waals surface area contributed by atoms with Gasteiger partial charge in [-0.2, -0.15) is 13.2 Å². The predicted molar refractivity (Wildman–Crippen MR) is 140 cm³/mol. The lowest BCUT2D eigenvalue weighted by Crippen LogP contribution is -2.42. The zero-order chi connectivity index (χ0) is 27.7. The highest BCUT2D eigenvalue weighted by Crippen LogP contribution is 2.36. The molecule has 1 aromatic carbocycles. The molecule has 14 heteroatoms. The molecule has 0 saturated carbocycles.